The second-order valence-electron chi connectivity index (χ2n) is 4.33. The van der Waals surface area contributed by atoms with Crippen LogP contribution in [0.1, 0.15) is 30.9 Å². The van der Waals surface area contributed by atoms with Gasteiger partial charge in [-0.15, -0.1) is 0 Å². The van der Waals surface area contributed by atoms with Crippen molar-refractivity contribution in [3.8, 4) is 0 Å². The zero-order chi connectivity index (χ0) is 10.3. The predicted octanol–water partition coefficient (Wildman–Crippen LogP) is 2.75. The van der Waals surface area contributed by atoms with Crippen molar-refractivity contribution in [2.24, 2.45) is 5.92 Å². The molecule has 1 saturated carbocycles. The molecule has 1 aliphatic carbocycles. The third-order valence-electron chi connectivity index (χ3n) is 3.19. The minimum absolute atomic E-state index is 0.233. The van der Waals surface area contributed by atoms with Crippen molar-refractivity contribution in [3.63, 3.8) is 0 Å². The van der Waals surface area contributed by atoms with E-state index >= 15 is 0 Å². The lowest BCUT2D eigenvalue weighted by molar-refractivity contribution is 0.0321. The van der Waals surface area contributed by atoms with Crippen molar-refractivity contribution in [1.29, 1.82) is 0 Å². The van der Waals surface area contributed by atoms with Crippen LogP contribution >= 0.6 is 0 Å². The summed E-state index contributed by atoms with van der Waals surface area (Å²) in [5.41, 5.74) is 0.455. The van der Waals surface area contributed by atoms with Gasteiger partial charge in [0.25, 0.3) is 0 Å². The Hall–Kier alpha value is -0.890. The highest BCUT2D eigenvalue weighted by Crippen LogP contribution is 2.46. The average molecular weight is 194 g/mol. The lowest BCUT2D eigenvalue weighted by Gasteiger charge is -2.25. The fraction of sp³-hybridized carbons (Fsp3) is 0.500. The van der Waals surface area contributed by atoms with Crippen LogP contribution in [0, 0.1) is 18.7 Å². The van der Waals surface area contributed by atoms with Gasteiger partial charge in [0.05, 0.1) is 5.60 Å². The molecule has 2 heteroatoms. The van der Waals surface area contributed by atoms with Crippen molar-refractivity contribution in [1.82, 2.24) is 0 Å². The van der Waals surface area contributed by atoms with E-state index in [2.05, 4.69) is 0 Å². The third kappa shape index (κ3) is 1.44. The van der Waals surface area contributed by atoms with E-state index in [4.69, 9.17) is 0 Å². The molecule has 2 rings (SSSR count). The molecular formula is C12H15FO. The number of hydrogen-bond donors (Lipinski definition) is 1. The van der Waals surface area contributed by atoms with Crippen molar-refractivity contribution < 1.29 is 9.50 Å². The van der Waals surface area contributed by atoms with Gasteiger partial charge in [-0.1, -0.05) is 12.1 Å². The zero-order valence-electron chi connectivity index (χ0n) is 8.55. The van der Waals surface area contributed by atoms with E-state index in [1.54, 1.807) is 19.9 Å². The van der Waals surface area contributed by atoms with Gasteiger partial charge in [0.1, 0.15) is 5.82 Å². The molecular weight excluding hydrogens is 179 g/mol. The van der Waals surface area contributed by atoms with E-state index in [0.29, 0.717) is 11.5 Å². The Kier molecular flexibility index (Phi) is 2.11. The molecule has 76 valence electrons. The molecule has 0 aliphatic heterocycles. The van der Waals surface area contributed by atoms with Crippen LogP contribution in [0.5, 0.6) is 0 Å². The molecule has 0 unspecified atom stereocenters. The Morgan fingerprint density at radius 2 is 2.07 bits per heavy atom. The summed E-state index contributed by atoms with van der Waals surface area (Å²) in [7, 11) is 0. The lowest BCUT2D eigenvalue weighted by atomic mass is 9.87. The summed E-state index contributed by atoms with van der Waals surface area (Å²) in [4.78, 5) is 0. The van der Waals surface area contributed by atoms with Gasteiger partial charge in [0.2, 0.25) is 0 Å². The van der Waals surface area contributed by atoms with E-state index in [9.17, 15) is 9.50 Å². The first-order valence-corrected chi connectivity index (χ1v) is 5.01. The molecule has 1 aromatic rings. The zero-order valence-corrected chi connectivity index (χ0v) is 8.55. The van der Waals surface area contributed by atoms with E-state index in [-0.39, 0.29) is 5.82 Å². The van der Waals surface area contributed by atoms with Gasteiger partial charge in [-0.3, -0.25) is 0 Å². The van der Waals surface area contributed by atoms with Crippen molar-refractivity contribution in [3.05, 3.63) is 35.1 Å². The highest BCUT2D eigenvalue weighted by Gasteiger charge is 2.42. The monoisotopic (exact) mass is 194 g/mol. The number of halogens is 1. The van der Waals surface area contributed by atoms with Crippen LogP contribution in [0.15, 0.2) is 18.2 Å². The van der Waals surface area contributed by atoms with Crippen LogP contribution in [0.4, 0.5) is 4.39 Å². The van der Waals surface area contributed by atoms with E-state index in [1.165, 1.54) is 6.07 Å². The van der Waals surface area contributed by atoms with Gasteiger partial charge in [-0.2, -0.15) is 0 Å². The van der Waals surface area contributed by atoms with Crippen molar-refractivity contribution in [2.75, 3.05) is 0 Å². The fourth-order valence-electron chi connectivity index (χ4n) is 2.02. The SMILES string of the molecule is Cc1c(F)cccc1[C@@](C)(O)C1CC1. The van der Waals surface area contributed by atoms with Gasteiger partial charge < -0.3 is 5.11 Å². The maximum atomic E-state index is 13.3. The number of rotatable bonds is 2. The van der Waals surface area contributed by atoms with Gasteiger partial charge in [0.15, 0.2) is 0 Å². The maximum Gasteiger partial charge on any atom is 0.126 e. The minimum Gasteiger partial charge on any atom is -0.385 e. The van der Waals surface area contributed by atoms with Crippen LogP contribution < -0.4 is 0 Å². The molecule has 1 aromatic carbocycles. The van der Waals surface area contributed by atoms with Gasteiger partial charge in [0, 0.05) is 0 Å². The second kappa shape index (κ2) is 3.06. The molecule has 0 saturated heterocycles. The number of benzene rings is 1. The first kappa shape index (κ1) is 9.66. The van der Waals surface area contributed by atoms with Crippen LogP contribution in [0.25, 0.3) is 0 Å². The first-order valence-electron chi connectivity index (χ1n) is 5.01. The summed E-state index contributed by atoms with van der Waals surface area (Å²) in [6.45, 7) is 3.51. The summed E-state index contributed by atoms with van der Waals surface area (Å²) >= 11 is 0. The molecule has 1 nitrogen and oxygen atoms in total. The minimum atomic E-state index is -0.855. The largest absolute Gasteiger partial charge is 0.385 e. The fourth-order valence-corrected chi connectivity index (χ4v) is 2.02. The summed E-state index contributed by atoms with van der Waals surface area (Å²) in [5.74, 6) is 0.0754. The molecule has 0 heterocycles. The van der Waals surface area contributed by atoms with Crippen LogP contribution in [-0.4, -0.2) is 5.11 Å². The number of hydrogen-bond acceptors (Lipinski definition) is 1. The Morgan fingerprint density at radius 1 is 1.43 bits per heavy atom. The second-order valence-corrected chi connectivity index (χ2v) is 4.33. The van der Waals surface area contributed by atoms with Crippen LogP contribution in [0.2, 0.25) is 0 Å². The highest BCUT2D eigenvalue weighted by molar-refractivity contribution is 5.33. The van der Waals surface area contributed by atoms with E-state index in [1.807, 2.05) is 6.07 Å². The van der Waals surface area contributed by atoms with Crippen molar-refractivity contribution in [2.45, 2.75) is 32.3 Å². The van der Waals surface area contributed by atoms with Crippen LogP contribution in [-0.2, 0) is 5.60 Å². The molecule has 0 amide bonds. The lowest BCUT2D eigenvalue weighted by Crippen LogP contribution is -2.25. The van der Waals surface area contributed by atoms with E-state index < -0.39 is 5.60 Å². The topological polar surface area (TPSA) is 20.2 Å². The van der Waals surface area contributed by atoms with Gasteiger partial charge >= 0.3 is 0 Å². The summed E-state index contributed by atoms with van der Waals surface area (Å²) < 4.78 is 13.3. The summed E-state index contributed by atoms with van der Waals surface area (Å²) in [5, 5.41) is 10.3. The molecule has 0 aromatic heterocycles. The molecule has 0 radical (unpaired) electrons. The summed E-state index contributed by atoms with van der Waals surface area (Å²) in [6.07, 6.45) is 2.09. The van der Waals surface area contributed by atoms with E-state index in [0.717, 1.165) is 18.4 Å². The Balaban J connectivity index is 2.44. The Labute approximate surface area is 83.6 Å². The van der Waals surface area contributed by atoms with Gasteiger partial charge in [-0.05, 0) is 49.8 Å². The normalized spacial score (nSPS) is 20.6. The standard InChI is InChI=1S/C12H15FO/c1-8-10(4-3-5-11(8)13)12(2,14)9-6-7-9/h3-5,9,14H,6-7H2,1-2H3/t12-/m0/s1. The van der Waals surface area contributed by atoms with Gasteiger partial charge in [-0.25, -0.2) is 4.39 Å². The first-order chi connectivity index (χ1) is 6.53. The predicted molar refractivity (Wildman–Crippen MR) is 53.4 cm³/mol. The molecule has 1 N–H and O–H groups in total. The quantitative estimate of drug-likeness (QED) is 0.767. The average Bonchev–Trinajstić information content (AvgIpc) is 2.92. The molecule has 14 heavy (non-hydrogen) atoms. The Bertz CT molecular complexity index is 353. The number of aliphatic hydroxyl groups is 1. The molecule has 1 aliphatic rings. The highest BCUT2D eigenvalue weighted by atomic mass is 19.1. The molecule has 0 bridgehead atoms. The smallest absolute Gasteiger partial charge is 0.126 e. The molecule has 0 spiro atoms. The summed E-state index contributed by atoms with van der Waals surface area (Å²) in [6, 6.07) is 4.91. The van der Waals surface area contributed by atoms with Crippen molar-refractivity contribution >= 4 is 0 Å². The molecule has 1 fully saturated rings. The third-order valence-corrected chi connectivity index (χ3v) is 3.19. The van der Waals surface area contributed by atoms with Crippen LogP contribution in [0.3, 0.4) is 0 Å². The maximum absolute atomic E-state index is 13.3. The molecule has 1 atom stereocenters. The Morgan fingerprint density at radius 3 is 2.64 bits per heavy atom.